The van der Waals surface area contributed by atoms with Gasteiger partial charge in [-0.2, -0.15) is 0 Å². The van der Waals surface area contributed by atoms with Crippen molar-refractivity contribution in [2.24, 2.45) is 0 Å². The fraction of sp³-hybridized carbons (Fsp3) is 0.419. The van der Waals surface area contributed by atoms with E-state index in [1.54, 1.807) is 0 Å². The minimum atomic E-state index is -5.16. The molecule has 10 nitrogen and oxygen atoms in total. The minimum Gasteiger partial charge on any atom is -0.726 e. The van der Waals surface area contributed by atoms with Crippen LogP contribution in [0.2, 0.25) is 0 Å². The Hall–Kier alpha value is -2.36. The zero-order chi connectivity index (χ0) is 30.2. The van der Waals surface area contributed by atoms with Crippen molar-refractivity contribution in [1.29, 1.82) is 0 Å². The zero-order valence-corrected chi connectivity index (χ0v) is 25.1. The van der Waals surface area contributed by atoms with Gasteiger partial charge in [0.2, 0.25) is 10.4 Å². The van der Waals surface area contributed by atoms with Gasteiger partial charge >= 0.3 is 0 Å². The predicted octanol–water partition coefficient (Wildman–Crippen LogP) is 2.30. The monoisotopic (exact) mass is 632 g/mol. The average molecular weight is 633 g/mol. The largest absolute Gasteiger partial charge is 0.726 e. The highest BCUT2D eigenvalue weighted by Gasteiger charge is 2.56. The molecule has 2 heterocycles. The zero-order valence-electron chi connectivity index (χ0n) is 23.4. The van der Waals surface area contributed by atoms with Crippen molar-refractivity contribution in [2.75, 3.05) is 18.1 Å². The van der Waals surface area contributed by atoms with Crippen molar-refractivity contribution in [3.63, 3.8) is 0 Å². The predicted molar refractivity (Wildman–Crippen MR) is 158 cm³/mol. The van der Waals surface area contributed by atoms with Crippen LogP contribution in [0.4, 0.5) is 0 Å². The van der Waals surface area contributed by atoms with Crippen LogP contribution in [0.5, 0.6) is 0 Å². The third kappa shape index (κ3) is 9.08. The molecule has 2 aliphatic rings. The van der Waals surface area contributed by atoms with Gasteiger partial charge < -0.3 is 33.7 Å². The summed E-state index contributed by atoms with van der Waals surface area (Å²) in [5.74, 6) is 0.735. The lowest BCUT2D eigenvalue weighted by atomic mass is 10.1. The van der Waals surface area contributed by atoms with Gasteiger partial charge in [-0.3, -0.25) is 4.18 Å². The minimum absolute atomic E-state index is 0.198. The Morgan fingerprint density at radius 3 is 1.88 bits per heavy atom. The Kier molecular flexibility index (Phi) is 11.2. The van der Waals surface area contributed by atoms with Crippen LogP contribution in [0.25, 0.3) is 0 Å². The van der Waals surface area contributed by atoms with Crippen LogP contribution in [-0.4, -0.2) is 83.4 Å². The number of hydrogen-bond acceptors (Lipinski definition) is 10. The second-order valence-electron chi connectivity index (χ2n) is 10.5. The van der Waals surface area contributed by atoms with E-state index < -0.39 is 45.9 Å². The molecule has 12 heteroatoms. The lowest BCUT2D eigenvalue weighted by Gasteiger charge is -2.24. The van der Waals surface area contributed by atoms with Crippen LogP contribution >= 0.6 is 0 Å². The summed E-state index contributed by atoms with van der Waals surface area (Å²) in [4.78, 5) is 0. The summed E-state index contributed by atoms with van der Waals surface area (Å²) in [6, 6.07) is 29.4. The molecular weight excluding hydrogens is 596 g/mol. The van der Waals surface area contributed by atoms with Gasteiger partial charge in [0.05, 0.1) is 26.4 Å². The number of hydrogen-bond donors (Lipinski definition) is 2. The third-order valence-electron chi connectivity index (χ3n) is 7.44. The van der Waals surface area contributed by atoms with Crippen molar-refractivity contribution < 1.29 is 46.3 Å². The topological polar surface area (TPSA) is 144 Å². The molecular formula is C31H36O10S2. The Bertz CT molecular complexity index is 1360. The van der Waals surface area contributed by atoms with E-state index in [4.69, 9.17) is 18.9 Å². The summed E-state index contributed by atoms with van der Waals surface area (Å²) in [6.07, 6.45) is -6.69. The van der Waals surface area contributed by atoms with Crippen LogP contribution in [0, 0.1) is 0 Å². The molecule has 5 rings (SSSR count). The highest BCUT2D eigenvalue weighted by molar-refractivity contribution is 7.97. The van der Waals surface area contributed by atoms with E-state index in [1.807, 2.05) is 91.0 Å². The molecule has 3 aromatic rings. The van der Waals surface area contributed by atoms with Gasteiger partial charge in [-0.1, -0.05) is 91.0 Å². The van der Waals surface area contributed by atoms with E-state index in [2.05, 4.69) is 4.18 Å². The van der Waals surface area contributed by atoms with E-state index in [1.165, 1.54) is 0 Å². The van der Waals surface area contributed by atoms with Gasteiger partial charge in [-0.15, -0.1) is 0 Å². The van der Waals surface area contributed by atoms with Crippen LogP contribution < -0.4 is 0 Å². The molecule has 2 fully saturated rings. The Balaban J connectivity index is 1.37. The van der Waals surface area contributed by atoms with Crippen molar-refractivity contribution in [3.05, 3.63) is 108 Å². The highest BCUT2D eigenvalue weighted by Crippen LogP contribution is 2.34. The van der Waals surface area contributed by atoms with E-state index >= 15 is 0 Å². The van der Waals surface area contributed by atoms with Gasteiger partial charge in [-0.05, 0) is 16.7 Å². The number of benzene rings is 3. The summed E-state index contributed by atoms with van der Waals surface area (Å²) in [5, 5.41) is 20.3. The molecule has 2 saturated heterocycles. The van der Waals surface area contributed by atoms with E-state index in [0.717, 1.165) is 16.7 Å². The van der Waals surface area contributed by atoms with Crippen molar-refractivity contribution >= 4 is 21.3 Å². The van der Waals surface area contributed by atoms with E-state index in [9.17, 15) is 23.2 Å². The van der Waals surface area contributed by atoms with Crippen molar-refractivity contribution in [2.45, 2.75) is 61.9 Å². The number of rotatable bonds is 14. The molecule has 0 aliphatic carbocycles. The Labute approximate surface area is 254 Å². The first-order valence-corrected chi connectivity index (χ1v) is 17.0. The first kappa shape index (κ1) is 32.0. The van der Waals surface area contributed by atoms with Crippen molar-refractivity contribution in [1.82, 2.24) is 0 Å². The summed E-state index contributed by atoms with van der Waals surface area (Å²) < 4.78 is 63.6. The maximum absolute atomic E-state index is 11.4. The molecule has 0 radical (unpaired) electrons. The summed E-state index contributed by atoms with van der Waals surface area (Å²) >= 11 is 0. The molecule has 2 N–H and O–H groups in total. The van der Waals surface area contributed by atoms with Gasteiger partial charge in [-0.25, -0.2) is 8.42 Å². The first-order chi connectivity index (χ1) is 20.8. The summed E-state index contributed by atoms with van der Waals surface area (Å²) in [7, 11) is -5.73. The van der Waals surface area contributed by atoms with E-state index in [0.29, 0.717) is 32.2 Å². The first-order valence-electron chi connectivity index (χ1n) is 14.0. The second kappa shape index (κ2) is 15.1. The normalized spacial score (nSPS) is 29.2. The average Bonchev–Trinajstić information content (AvgIpc) is 3.46. The van der Waals surface area contributed by atoms with Crippen LogP contribution in [0.1, 0.15) is 16.7 Å². The van der Waals surface area contributed by atoms with Crippen LogP contribution in [-0.2, 0) is 64.2 Å². The van der Waals surface area contributed by atoms with Gasteiger partial charge in [0.15, 0.2) is 11.5 Å². The summed E-state index contributed by atoms with van der Waals surface area (Å²) in [5.41, 5.74) is 3.02. The van der Waals surface area contributed by atoms with Gasteiger partial charge in [0.25, 0.3) is 0 Å². The molecule has 0 bridgehead atoms. The van der Waals surface area contributed by atoms with Gasteiger partial charge in [0.1, 0.15) is 42.0 Å². The molecule has 8 atom stereocenters. The van der Waals surface area contributed by atoms with Crippen LogP contribution in [0.3, 0.4) is 0 Å². The Morgan fingerprint density at radius 1 is 0.791 bits per heavy atom. The third-order valence-corrected chi connectivity index (χ3v) is 10.7. The quantitative estimate of drug-likeness (QED) is 0.154. The molecule has 1 unspecified atom stereocenters. The lowest BCUT2D eigenvalue weighted by Crippen LogP contribution is -2.43. The molecule has 2 aliphatic heterocycles. The maximum atomic E-state index is 11.4. The summed E-state index contributed by atoms with van der Waals surface area (Å²) in [6.45, 7) is 1.41. The maximum Gasteiger partial charge on any atom is 0.218 e. The van der Waals surface area contributed by atoms with Crippen molar-refractivity contribution in [3.8, 4) is 0 Å². The molecule has 0 aromatic heterocycles. The second-order valence-corrected chi connectivity index (χ2v) is 13.9. The number of ether oxygens (including phenoxy) is 4. The molecule has 0 saturated carbocycles. The number of aliphatic hydroxyl groups is 2. The molecule has 0 amide bonds. The lowest BCUT2D eigenvalue weighted by molar-refractivity contribution is -0.123. The smallest absolute Gasteiger partial charge is 0.218 e. The van der Waals surface area contributed by atoms with Gasteiger partial charge in [0, 0.05) is 10.9 Å². The SMILES string of the molecule is O=S(=O)([O-])O[C@@H]1[C@@H](O)[C@@H](O)O[C@@H]1C[S+]1C[C@@H](OCc2ccccc2)[C@H](OCc2ccccc2)[C@H]1COCc1ccccc1. The molecule has 43 heavy (non-hydrogen) atoms. The fourth-order valence-corrected chi connectivity index (χ4v) is 8.79. The standard InChI is InChI=1S/C31H36O10S2/c32-28-30(41-43(34,35)36)26(40-31(28)33)21-42-20-25(38-17-23-12-6-2-7-13-23)29(39-18-24-14-8-3-9-15-24)27(42)19-37-16-22-10-4-1-5-11-22/h1-15,25-33H,16-21H2/t25-,26-,27-,28-,29+,30+,31+,42?/m1/s1. The van der Waals surface area contributed by atoms with E-state index in [-0.39, 0.29) is 23.2 Å². The fourth-order valence-electron chi connectivity index (χ4n) is 5.33. The van der Waals surface area contributed by atoms with Crippen LogP contribution in [0.15, 0.2) is 91.0 Å². The molecule has 3 aromatic carbocycles. The number of aliphatic hydroxyl groups excluding tert-OH is 2. The Morgan fingerprint density at radius 2 is 1.33 bits per heavy atom. The highest BCUT2D eigenvalue weighted by atomic mass is 32.3. The molecule has 0 spiro atoms. The molecule has 232 valence electrons.